The third kappa shape index (κ3) is 2.38. The number of hydrogen-bond acceptors (Lipinski definition) is 1. The third-order valence-corrected chi connectivity index (χ3v) is 3.25. The van der Waals surface area contributed by atoms with Crippen molar-refractivity contribution in [3.8, 4) is 16.9 Å². The Morgan fingerprint density at radius 3 is 1.74 bits per heavy atom. The standard InChI is InChI=1S/C13H7Cl2F3O/c1-19-7-4-2-6(3-5-7)8-11(16)9(14)13(18)10(15)12(8)17/h2-5H,1H3. The Bertz CT molecular complexity index is 598. The number of benzene rings is 2. The molecule has 0 fully saturated rings. The van der Waals surface area contributed by atoms with Crippen LogP contribution in [0, 0.1) is 17.5 Å². The van der Waals surface area contributed by atoms with E-state index >= 15 is 0 Å². The lowest BCUT2D eigenvalue weighted by molar-refractivity contribution is 0.415. The molecule has 1 nitrogen and oxygen atoms in total. The van der Waals surface area contributed by atoms with E-state index < -0.39 is 33.1 Å². The quantitative estimate of drug-likeness (QED) is 0.555. The van der Waals surface area contributed by atoms with Crippen molar-refractivity contribution in [2.75, 3.05) is 7.11 Å². The molecule has 0 aromatic heterocycles. The fourth-order valence-corrected chi connectivity index (χ4v) is 2.04. The van der Waals surface area contributed by atoms with Gasteiger partial charge in [0.25, 0.3) is 0 Å². The van der Waals surface area contributed by atoms with Gasteiger partial charge in [-0.1, -0.05) is 35.3 Å². The highest BCUT2D eigenvalue weighted by molar-refractivity contribution is 6.35. The summed E-state index contributed by atoms with van der Waals surface area (Å²) in [5, 5.41) is -1.67. The van der Waals surface area contributed by atoms with Crippen LogP contribution in [-0.4, -0.2) is 7.11 Å². The van der Waals surface area contributed by atoms with E-state index in [1.165, 1.54) is 31.4 Å². The number of methoxy groups -OCH3 is 1. The van der Waals surface area contributed by atoms with Crippen molar-refractivity contribution in [3.63, 3.8) is 0 Å². The fraction of sp³-hybridized carbons (Fsp3) is 0.0769. The molecule has 19 heavy (non-hydrogen) atoms. The number of ether oxygens (including phenoxy) is 1. The summed E-state index contributed by atoms with van der Waals surface area (Å²) in [6.07, 6.45) is 0. The maximum Gasteiger partial charge on any atom is 0.166 e. The highest BCUT2D eigenvalue weighted by Crippen LogP contribution is 2.37. The van der Waals surface area contributed by atoms with E-state index in [1.807, 2.05) is 0 Å². The molecule has 2 aromatic rings. The van der Waals surface area contributed by atoms with Gasteiger partial charge < -0.3 is 4.74 Å². The lowest BCUT2D eigenvalue weighted by Gasteiger charge is -2.10. The second kappa shape index (κ2) is 5.31. The molecule has 0 bridgehead atoms. The predicted molar refractivity (Wildman–Crippen MR) is 68.3 cm³/mol. The molecule has 0 aliphatic carbocycles. The van der Waals surface area contributed by atoms with Gasteiger partial charge in [-0.25, -0.2) is 13.2 Å². The van der Waals surface area contributed by atoms with Crippen LogP contribution < -0.4 is 4.74 Å². The van der Waals surface area contributed by atoms with Crippen LogP contribution in [0.5, 0.6) is 5.75 Å². The molecule has 0 spiro atoms. The molecule has 100 valence electrons. The van der Waals surface area contributed by atoms with Crippen LogP contribution in [0.3, 0.4) is 0 Å². The van der Waals surface area contributed by atoms with Crippen LogP contribution in [0.1, 0.15) is 0 Å². The second-order valence-electron chi connectivity index (χ2n) is 3.67. The van der Waals surface area contributed by atoms with Crippen LogP contribution >= 0.6 is 23.2 Å². The molecule has 0 unspecified atom stereocenters. The average molecular weight is 307 g/mol. The molecule has 0 saturated carbocycles. The second-order valence-corrected chi connectivity index (χ2v) is 4.43. The Labute approximate surface area is 117 Å². The molecule has 0 atom stereocenters. The van der Waals surface area contributed by atoms with Gasteiger partial charge in [0.15, 0.2) is 17.5 Å². The monoisotopic (exact) mass is 306 g/mol. The molecule has 0 heterocycles. The zero-order chi connectivity index (χ0) is 14.2. The predicted octanol–water partition coefficient (Wildman–Crippen LogP) is 5.09. The van der Waals surface area contributed by atoms with E-state index in [2.05, 4.69) is 0 Å². The Morgan fingerprint density at radius 1 is 0.842 bits per heavy atom. The Kier molecular flexibility index (Phi) is 3.92. The third-order valence-electron chi connectivity index (χ3n) is 2.59. The summed E-state index contributed by atoms with van der Waals surface area (Å²) in [6.45, 7) is 0. The molecule has 6 heteroatoms. The molecule has 2 aromatic carbocycles. The van der Waals surface area contributed by atoms with E-state index in [0.717, 1.165) is 0 Å². The number of hydrogen-bond donors (Lipinski definition) is 0. The van der Waals surface area contributed by atoms with Gasteiger partial charge in [-0.05, 0) is 17.7 Å². The van der Waals surface area contributed by atoms with Gasteiger partial charge >= 0.3 is 0 Å². The Morgan fingerprint density at radius 2 is 1.32 bits per heavy atom. The first-order valence-corrected chi connectivity index (χ1v) is 5.88. The van der Waals surface area contributed by atoms with Gasteiger partial charge in [0.1, 0.15) is 15.8 Å². The lowest BCUT2D eigenvalue weighted by Crippen LogP contribution is -1.97. The van der Waals surface area contributed by atoms with Crippen molar-refractivity contribution in [2.24, 2.45) is 0 Å². The molecule has 0 saturated heterocycles. The summed E-state index contributed by atoms with van der Waals surface area (Å²) in [5.74, 6) is -3.17. The molecule has 0 amide bonds. The number of rotatable bonds is 2. The van der Waals surface area contributed by atoms with Crippen molar-refractivity contribution in [3.05, 3.63) is 51.8 Å². The van der Waals surface area contributed by atoms with Crippen LogP contribution in [-0.2, 0) is 0 Å². The van der Waals surface area contributed by atoms with Crippen molar-refractivity contribution in [1.29, 1.82) is 0 Å². The molecular weight excluding hydrogens is 300 g/mol. The zero-order valence-electron chi connectivity index (χ0n) is 9.61. The lowest BCUT2D eigenvalue weighted by atomic mass is 10.0. The van der Waals surface area contributed by atoms with E-state index in [9.17, 15) is 13.2 Å². The van der Waals surface area contributed by atoms with Crippen LogP contribution in [0.4, 0.5) is 13.2 Å². The smallest absolute Gasteiger partial charge is 0.166 e. The summed E-state index contributed by atoms with van der Waals surface area (Å²) in [5.41, 5.74) is -0.293. The fourth-order valence-electron chi connectivity index (χ4n) is 1.62. The largest absolute Gasteiger partial charge is 0.497 e. The van der Waals surface area contributed by atoms with E-state index in [1.54, 1.807) is 0 Å². The first-order chi connectivity index (χ1) is 8.97. The van der Waals surface area contributed by atoms with E-state index in [-0.39, 0.29) is 5.56 Å². The van der Waals surface area contributed by atoms with Crippen LogP contribution in [0.15, 0.2) is 24.3 Å². The molecule has 0 aliphatic rings. The minimum absolute atomic E-state index is 0.180. The first-order valence-electron chi connectivity index (χ1n) is 5.13. The van der Waals surface area contributed by atoms with Gasteiger partial charge in [0.2, 0.25) is 0 Å². The average Bonchev–Trinajstić information content (AvgIpc) is 2.44. The van der Waals surface area contributed by atoms with Crippen molar-refractivity contribution in [2.45, 2.75) is 0 Å². The summed E-state index contributed by atoms with van der Waals surface area (Å²) in [7, 11) is 1.46. The van der Waals surface area contributed by atoms with E-state index in [0.29, 0.717) is 5.75 Å². The Balaban J connectivity index is 2.67. The normalized spacial score (nSPS) is 10.6. The van der Waals surface area contributed by atoms with E-state index in [4.69, 9.17) is 27.9 Å². The number of halogens is 5. The van der Waals surface area contributed by atoms with Gasteiger partial charge in [-0.15, -0.1) is 0 Å². The topological polar surface area (TPSA) is 9.23 Å². The molecular formula is C13H7Cl2F3O. The minimum atomic E-state index is -1.31. The van der Waals surface area contributed by atoms with Gasteiger partial charge in [-0.2, -0.15) is 0 Å². The molecule has 0 N–H and O–H groups in total. The maximum atomic E-state index is 13.9. The summed E-state index contributed by atoms with van der Waals surface area (Å²) < 4.78 is 46.0. The highest BCUT2D eigenvalue weighted by Gasteiger charge is 2.23. The Hall–Kier alpha value is -1.39. The van der Waals surface area contributed by atoms with Crippen molar-refractivity contribution < 1.29 is 17.9 Å². The first kappa shape index (κ1) is 14.0. The van der Waals surface area contributed by atoms with Gasteiger partial charge in [0.05, 0.1) is 12.7 Å². The molecule has 0 aliphatic heterocycles. The van der Waals surface area contributed by atoms with Gasteiger partial charge in [-0.3, -0.25) is 0 Å². The van der Waals surface area contributed by atoms with Crippen LogP contribution in [0.25, 0.3) is 11.1 Å². The molecule has 2 rings (SSSR count). The highest BCUT2D eigenvalue weighted by atomic mass is 35.5. The SMILES string of the molecule is COc1ccc(-c2c(F)c(Cl)c(F)c(Cl)c2F)cc1. The van der Waals surface area contributed by atoms with Crippen molar-refractivity contribution in [1.82, 2.24) is 0 Å². The van der Waals surface area contributed by atoms with Crippen molar-refractivity contribution >= 4 is 23.2 Å². The zero-order valence-corrected chi connectivity index (χ0v) is 11.1. The summed E-state index contributed by atoms with van der Waals surface area (Å²) in [6, 6.07) is 5.87. The summed E-state index contributed by atoms with van der Waals surface area (Å²) in [4.78, 5) is 0. The summed E-state index contributed by atoms with van der Waals surface area (Å²) >= 11 is 10.9. The van der Waals surface area contributed by atoms with Crippen LogP contribution in [0.2, 0.25) is 10.0 Å². The van der Waals surface area contributed by atoms with Gasteiger partial charge in [0, 0.05) is 0 Å². The minimum Gasteiger partial charge on any atom is -0.497 e. The maximum absolute atomic E-state index is 13.9. The molecule has 0 radical (unpaired) electrons.